The van der Waals surface area contributed by atoms with Gasteiger partial charge in [-0.25, -0.2) is 4.98 Å². The number of aromatic nitrogens is 2. The first-order valence-electron chi connectivity index (χ1n) is 7.01. The molecule has 1 aliphatic rings. The third-order valence-electron chi connectivity index (χ3n) is 4.48. The normalized spacial score (nSPS) is 30.3. The smallest absolute Gasteiger partial charge is 0.102 e. The second-order valence-electron chi connectivity index (χ2n) is 5.78. The number of aryl methyl sites for hydroxylation is 1. The lowest BCUT2D eigenvalue weighted by Gasteiger charge is -2.42. The minimum Gasteiger partial charge on any atom is -0.386 e. The Labute approximate surface area is 109 Å². The molecule has 3 unspecified atom stereocenters. The average Bonchev–Trinajstić information content (AvgIpc) is 2.85. The van der Waals surface area contributed by atoms with Crippen LogP contribution >= 0.6 is 0 Å². The van der Waals surface area contributed by atoms with Crippen LogP contribution in [0.1, 0.15) is 51.3 Å². The summed E-state index contributed by atoms with van der Waals surface area (Å²) < 4.78 is 2.02. The van der Waals surface area contributed by atoms with E-state index in [1.165, 1.54) is 6.42 Å². The molecule has 0 saturated heterocycles. The van der Waals surface area contributed by atoms with Gasteiger partial charge < -0.3 is 15.4 Å². The van der Waals surface area contributed by atoms with Gasteiger partial charge in [0.05, 0.1) is 18.2 Å². The highest BCUT2D eigenvalue weighted by Gasteiger charge is 2.41. The Morgan fingerprint density at radius 3 is 3.06 bits per heavy atom. The van der Waals surface area contributed by atoms with Gasteiger partial charge in [-0.1, -0.05) is 19.8 Å². The summed E-state index contributed by atoms with van der Waals surface area (Å²) >= 11 is 0. The van der Waals surface area contributed by atoms with E-state index in [9.17, 15) is 5.11 Å². The Morgan fingerprint density at radius 2 is 2.44 bits per heavy atom. The van der Waals surface area contributed by atoms with Gasteiger partial charge in [-0.05, 0) is 25.7 Å². The molecule has 0 aliphatic heterocycles. The first-order chi connectivity index (χ1) is 8.63. The van der Waals surface area contributed by atoms with Crippen LogP contribution in [0.15, 0.2) is 12.5 Å². The Morgan fingerprint density at radius 1 is 1.67 bits per heavy atom. The van der Waals surface area contributed by atoms with Gasteiger partial charge in [0.2, 0.25) is 0 Å². The van der Waals surface area contributed by atoms with Crippen molar-refractivity contribution in [1.82, 2.24) is 9.55 Å². The second-order valence-corrected chi connectivity index (χ2v) is 5.78. The van der Waals surface area contributed by atoms with Gasteiger partial charge in [-0.3, -0.25) is 0 Å². The number of rotatable bonds is 4. The van der Waals surface area contributed by atoms with Gasteiger partial charge in [0.15, 0.2) is 0 Å². The molecule has 18 heavy (non-hydrogen) atoms. The van der Waals surface area contributed by atoms with Crippen LogP contribution in [0.3, 0.4) is 0 Å². The Bertz CT molecular complexity index is 390. The summed E-state index contributed by atoms with van der Waals surface area (Å²) in [5, 5.41) is 10.8. The van der Waals surface area contributed by atoms with E-state index in [1.807, 2.05) is 4.57 Å². The number of nitrogens with two attached hydrogens (primary N) is 1. The van der Waals surface area contributed by atoms with E-state index in [4.69, 9.17) is 5.73 Å². The molecule has 3 atom stereocenters. The van der Waals surface area contributed by atoms with Crippen molar-refractivity contribution in [3.05, 3.63) is 18.2 Å². The average molecular weight is 251 g/mol. The van der Waals surface area contributed by atoms with Crippen molar-refractivity contribution >= 4 is 0 Å². The van der Waals surface area contributed by atoms with E-state index in [1.54, 1.807) is 12.5 Å². The number of imidazole rings is 1. The molecule has 0 amide bonds. The van der Waals surface area contributed by atoms with Crippen molar-refractivity contribution in [2.24, 2.45) is 17.1 Å². The Hall–Kier alpha value is -0.870. The molecule has 1 saturated carbocycles. The highest BCUT2D eigenvalue weighted by Crippen LogP contribution is 2.47. The van der Waals surface area contributed by atoms with Crippen molar-refractivity contribution < 1.29 is 5.11 Å². The molecule has 4 nitrogen and oxygen atoms in total. The maximum atomic E-state index is 10.8. The van der Waals surface area contributed by atoms with Crippen molar-refractivity contribution in [2.75, 3.05) is 6.54 Å². The third-order valence-corrected chi connectivity index (χ3v) is 4.48. The molecule has 3 N–H and O–H groups in total. The maximum Gasteiger partial charge on any atom is 0.102 e. The van der Waals surface area contributed by atoms with Crippen LogP contribution in [0.5, 0.6) is 0 Å². The summed E-state index contributed by atoms with van der Waals surface area (Å²) in [5.41, 5.74) is 6.76. The quantitative estimate of drug-likeness (QED) is 0.861. The molecule has 1 fully saturated rings. The van der Waals surface area contributed by atoms with E-state index in [0.29, 0.717) is 12.5 Å². The Balaban J connectivity index is 2.26. The molecule has 1 aromatic rings. The minimum absolute atomic E-state index is 0.162. The van der Waals surface area contributed by atoms with Crippen molar-refractivity contribution in [2.45, 2.75) is 52.2 Å². The molecular formula is C14H25N3O. The first kappa shape index (κ1) is 13.6. The first-order valence-corrected chi connectivity index (χ1v) is 7.01. The molecular weight excluding hydrogens is 226 g/mol. The number of nitrogens with zero attached hydrogens (tertiary/aromatic N) is 2. The number of aliphatic hydroxyl groups is 1. The maximum absolute atomic E-state index is 10.8. The molecule has 0 radical (unpaired) electrons. The third kappa shape index (κ3) is 2.31. The van der Waals surface area contributed by atoms with Crippen molar-refractivity contribution in [3.8, 4) is 0 Å². The largest absolute Gasteiger partial charge is 0.386 e. The zero-order valence-electron chi connectivity index (χ0n) is 11.5. The van der Waals surface area contributed by atoms with Gasteiger partial charge in [0, 0.05) is 18.5 Å². The second kappa shape index (κ2) is 5.41. The van der Waals surface area contributed by atoms with Crippen molar-refractivity contribution in [1.29, 1.82) is 0 Å². The van der Waals surface area contributed by atoms with Gasteiger partial charge in [0.1, 0.15) is 6.10 Å². The highest BCUT2D eigenvalue weighted by atomic mass is 16.3. The lowest BCUT2D eigenvalue weighted by Crippen LogP contribution is -2.41. The Kier molecular flexibility index (Phi) is 4.07. The van der Waals surface area contributed by atoms with Crippen LogP contribution in [-0.2, 0) is 6.54 Å². The van der Waals surface area contributed by atoms with Crippen molar-refractivity contribution in [3.63, 3.8) is 0 Å². The molecule has 2 rings (SSSR count). The lowest BCUT2D eigenvalue weighted by molar-refractivity contribution is -0.0176. The summed E-state index contributed by atoms with van der Waals surface area (Å²) in [4.78, 5) is 4.16. The molecule has 0 bridgehead atoms. The molecule has 0 spiro atoms. The minimum atomic E-state index is -0.493. The van der Waals surface area contributed by atoms with E-state index < -0.39 is 6.10 Å². The van der Waals surface area contributed by atoms with Crippen LogP contribution in [0, 0.1) is 11.3 Å². The van der Waals surface area contributed by atoms with Crippen LogP contribution in [0.4, 0.5) is 0 Å². The van der Waals surface area contributed by atoms with E-state index in [-0.39, 0.29) is 5.41 Å². The molecule has 1 aliphatic carbocycles. The molecule has 1 aromatic heterocycles. The van der Waals surface area contributed by atoms with Gasteiger partial charge in [0.25, 0.3) is 0 Å². The fourth-order valence-electron chi connectivity index (χ4n) is 3.38. The fraction of sp³-hybridized carbons (Fsp3) is 0.786. The number of hydrogen-bond acceptors (Lipinski definition) is 3. The summed E-state index contributed by atoms with van der Waals surface area (Å²) in [6.07, 6.45) is 7.52. The van der Waals surface area contributed by atoms with Crippen LogP contribution in [0.25, 0.3) is 0 Å². The molecule has 4 heteroatoms. The van der Waals surface area contributed by atoms with Gasteiger partial charge >= 0.3 is 0 Å². The standard InChI is InChI=1S/C14H25N3O/c1-3-17-10-16-8-12(17)13(18)14(9-15)6-4-5-11(2)7-14/h8,10-11,13,18H,3-7,9,15H2,1-2H3. The van der Waals surface area contributed by atoms with Crippen LogP contribution in [0.2, 0.25) is 0 Å². The van der Waals surface area contributed by atoms with E-state index in [0.717, 1.165) is 31.5 Å². The number of hydrogen-bond donors (Lipinski definition) is 2. The molecule has 0 aromatic carbocycles. The monoisotopic (exact) mass is 251 g/mol. The molecule has 102 valence electrons. The summed E-state index contributed by atoms with van der Waals surface area (Å²) in [6, 6.07) is 0. The van der Waals surface area contributed by atoms with Gasteiger partial charge in [-0.15, -0.1) is 0 Å². The summed E-state index contributed by atoms with van der Waals surface area (Å²) in [7, 11) is 0. The topological polar surface area (TPSA) is 64.1 Å². The molecule has 1 heterocycles. The van der Waals surface area contributed by atoms with Gasteiger partial charge in [-0.2, -0.15) is 0 Å². The number of aliphatic hydroxyl groups excluding tert-OH is 1. The highest BCUT2D eigenvalue weighted by molar-refractivity contribution is 5.09. The van der Waals surface area contributed by atoms with Crippen LogP contribution in [-0.4, -0.2) is 21.2 Å². The SMILES string of the molecule is CCn1cncc1C(O)C1(CN)CCCC(C)C1. The predicted octanol–water partition coefficient (Wildman–Crippen LogP) is 2.09. The summed E-state index contributed by atoms with van der Waals surface area (Å²) in [6.45, 7) is 5.71. The zero-order chi connectivity index (χ0) is 13.2. The lowest BCUT2D eigenvalue weighted by atomic mass is 9.66. The predicted molar refractivity (Wildman–Crippen MR) is 72.0 cm³/mol. The van der Waals surface area contributed by atoms with E-state index >= 15 is 0 Å². The van der Waals surface area contributed by atoms with E-state index in [2.05, 4.69) is 18.8 Å². The summed E-state index contributed by atoms with van der Waals surface area (Å²) in [5.74, 6) is 0.648. The fourth-order valence-corrected chi connectivity index (χ4v) is 3.38. The zero-order valence-corrected chi connectivity index (χ0v) is 11.5. The van der Waals surface area contributed by atoms with Crippen LogP contribution < -0.4 is 5.73 Å².